The summed E-state index contributed by atoms with van der Waals surface area (Å²) in [5.74, 6) is 1.55. The number of rotatable bonds is 3. The van der Waals surface area contributed by atoms with Crippen molar-refractivity contribution in [2.24, 2.45) is 16.8 Å². The lowest BCUT2D eigenvalue weighted by molar-refractivity contribution is 0.318. The normalized spacial score (nSPS) is 19.9. The molecule has 5 heteroatoms. The van der Waals surface area contributed by atoms with Crippen LogP contribution in [0.25, 0.3) is 0 Å². The van der Waals surface area contributed by atoms with Crippen LogP contribution in [0.1, 0.15) is 43.5 Å². The third kappa shape index (κ3) is 2.57. The van der Waals surface area contributed by atoms with Gasteiger partial charge in [0.05, 0.1) is 5.56 Å². The van der Waals surface area contributed by atoms with Crippen LogP contribution in [0.5, 0.6) is 0 Å². The average Bonchev–Trinajstić information content (AvgIpc) is 2.86. The van der Waals surface area contributed by atoms with Crippen LogP contribution in [-0.4, -0.2) is 28.6 Å². The van der Waals surface area contributed by atoms with Crippen LogP contribution >= 0.6 is 0 Å². The maximum atomic E-state index is 9.04. The summed E-state index contributed by atoms with van der Waals surface area (Å²) in [7, 11) is 0. The quantitative estimate of drug-likeness (QED) is 0.385. The summed E-state index contributed by atoms with van der Waals surface area (Å²) in [5.41, 5.74) is 8.58. The maximum absolute atomic E-state index is 9.04. The molecular weight excluding hydrogens is 252 g/mol. The number of nitrogens with zero attached hydrogens (tertiary/aromatic N) is 3. The summed E-state index contributed by atoms with van der Waals surface area (Å²) in [6.45, 7) is 9.40. The summed E-state index contributed by atoms with van der Waals surface area (Å²) in [6, 6.07) is 2.44. The predicted molar refractivity (Wildman–Crippen MR) is 81.4 cm³/mol. The zero-order valence-electron chi connectivity index (χ0n) is 12.7. The number of amidine groups is 1. The summed E-state index contributed by atoms with van der Waals surface area (Å²) in [6.07, 6.45) is 2.33. The molecule has 2 heterocycles. The Labute approximate surface area is 120 Å². The molecular formula is C15H24N4O. The van der Waals surface area contributed by atoms with Crippen LogP contribution in [0.4, 0.5) is 5.82 Å². The van der Waals surface area contributed by atoms with Crippen LogP contribution < -0.4 is 10.6 Å². The summed E-state index contributed by atoms with van der Waals surface area (Å²) < 4.78 is 0. The fraction of sp³-hybridized carbons (Fsp3) is 0.600. The number of hydrogen-bond donors (Lipinski definition) is 2. The van der Waals surface area contributed by atoms with E-state index in [4.69, 9.17) is 10.9 Å². The molecule has 2 rings (SSSR count). The van der Waals surface area contributed by atoms with Crippen LogP contribution in [0.15, 0.2) is 11.2 Å². The van der Waals surface area contributed by atoms with Crippen molar-refractivity contribution in [2.75, 3.05) is 11.4 Å². The topological polar surface area (TPSA) is 74.7 Å². The molecule has 1 aromatic heterocycles. The van der Waals surface area contributed by atoms with Crippen molar-refractivity contribution in [3.8, 4) is 0 Å². The molecule has 110 valence electrons. The van der Waals surface area contributed by atoms with Gasteiger partial charge in [0.2, 0.25) is 0 Å². The van der Waals surface area contributed by atoms with Crippen LogP contribution in [0.3, 0.4) is 0 Å². The largest absolute Gasteiger partial charge is 0.409 e. The van der Waals surface area contributed by atoms with Crippen molar-refractivity contribution < 1.29 is 5.21 Å². The van der Waals surface area contributed by atoms with E-state index in [-0.39, 0.29) is 5.84 Å². The third-order valence-electron chi connectivity index (χ3n) is 4.03. The molecule has 1 unspecified atom stereocenters. The number of pyridine rings is 1. The molecule has 1 fully saturated rings. The predicted octanol–water partition coefficient (Wildman–Crippen LogP) is 2.42. The molecule has 0 spiro atoms. The van der Waals surface area contributed by atoms with Crippen LogP contribution in [-0.2, 0) is 0 Å². The molecule has 0 aromatic carbocycles. The minimum atomic E-state index is 0.138. The van der Waals surface area contributed by atoms with E-state index < -0.39 is 0 Å². The van der Waals surface area contributed by atoms with E-state index in [0.29, 0.717) is 12.0 Å². The first-order chi connectivity index (χ1) is 9.45. The number of aromatic nitrogens is 1. The van der Waals surface area contributed by atoms with Gasteiger partial charge in [-0.25, -0.2) is 4.98 Å². The molecule has 3 N–H and O–H groups in total. The smallest absolute Gasteiger partial charge is 0.174 e. The van der Waals surface area contributed by atoms with Crippen LogP contribution in [0.2, 0.25) is 0 Å². The molecule has 1 aliphatic rings. The number of aryl methyl sites for hydroxylation is 2. The van der Waals surface area contributed by atoms with Gasteiger partial charge in [-0.05, 0) is 44.2 Å². The van der Waals surface area contributed by atoms with E-state index in [2.05, 4.69) is 28.9 Å². The minimum absolute atomic E-state index is 0.138. The highest BCUT2D eigenvalue weighted by molar-refractivity contribution is 6.02. The van der Waals surface area contributed by atoms with Crippen molar-refractivity contribution in [3.05, 3.63) is 22.9 Å². The second kappa shape index (κ2) is 5.69. The highest BCUT2D eigenvalue weighted by atomic mass is 16.4. The lowest BCUT2D eigenvalue weighted by Crippen LogP contribution is -2.36. The molecule has 0 aliphatic carbocycles. The van der Waals surface area contributed by atoms with Gasteiger partial charge in [0.15, 0.2) is 5.84 Å². The summed E-state index contributed by atoms with van der Waals surface area (Å²) in [4.78, 5) is 6.99. The van der Waals surface area contributed by atoms with Gasteiger partial charge in [0.1, 0.15) is 5.82 Å². The van der Waals surface area contributed by atoms with Gasteiger partial charge >= 0.3 is 0 Å². The molecule has 0 bridgehead atoms. The average molecular weight is 276 g/mol. The lowest BCUT2D eigenvalue weighted by atomic mass is 10.0. The molecule has 0 saturated carbocycles. The SMILES string of the molecule is Cc1cc(C)c(C(N)=NO)c(N2CCCC2C(C)C)n1. The van der Waals surface area contributed by atoms with E-state index in [1.54, 1.807) is 0 Å². The van der Waals surface area contributed by atoms with Crippen molar-refractivity contribution in [2.45, 2.75) is 46.6 Å². The molecule has 5 nitrogen and oxygen atoms in total. The third-order valence-corrected chi connectivity index (χ3v) is 4.03. The van der Waals surface area contributed by atoms with Crippen molar-refractivity contribution >= 4 is 11.7 Å². The number of oxime groups is 1. The Bertz CT molecular complexity index is 525. The fourth-order valence-corrected chi connectivity index (χ4v) is 3.14. The Balaban J connectivity index is 2.55. The molecule has 0 amide bonds. The van der Waals surface area contributed by atoms with E-state index in [9.17, 15) is 0 Å². The lowest BCUT2D eigenvalue weighted by Gasteiger charge is -2.31. The summed E-state index contributed by atoms with van der Waals surface area (Å²) >= 11 is 0. The monoisotopic (exact) mass is 276 g/mol. The zero-order chi connectivity index (χ0) is 14.9. The second-order valence-corrected chi connectivity index (χ2v) is 5.91. The number of nitrogens with two attached hydrogens (primary N) is 1. The molecule has 1 atom stereocenters. The standard InChI is InChI=1S/C15H24N4O/c1-9(2)12-6-5-7-19(12)15-13(14(16)18-20)10(3)8-11(4)17-15/h8-9,12,20H,5-7H2,1-4H3,(H2,16,18). The summed E-state index contributed by atoms with van der Waals surface area (Å²) in [5, 5.41) is 12.2. The minimum Gasteiger partial charge on any atom is -0.409 e. The molecule has 1 aliphatic heterocycles. The van der Waals surface area contributed by atoms with E-state index in [1.807, 2.05) is 19.9 Å². The Morgan fingerprint density at radius 1 is 1.50 bits per heavy atom. The molecule has 1 aromatic rings. The van der Waals surface area contributed by atoms with Crippen molar-refractivity contribution in [3.63, 3.8) is 0 Å². The van der Waals surface area contributed by atoms with Gasteiger partial charge in [-0.15, -0.1) is 0 Å². The Hall–Kier alpha value is -1.78. The van der Waals surface area contributed by atoms with Gasteiger partial charge < -0.3 is 15.8 Å². The molecule has 0 radical (unpaired) electrons. The molecule has 20 heavy (non-hydrogen) atoms. The van der Waals surface area contributed by atoms with Gasteiger partial charge in [-0.1, -0.05) is 19.0 Å². The first-order valence-corrected chi connectivity index (χ1v) is 7.18. The van der Waals surface area contributed by atoms with Crippen molar-refractivity contribution in [1.29, 1.82) is 0 Å². The zero-order valence-corrected chi connectivity index (χ0v) is 12.7. The van der Waals surface area contributed by atoms with Gasteiger partial charge in [0.25, 0.3) is 0 Å². The Kier molecular flexibility index (Phi) is 4.16. The van der Waals surface area contributed by atoms with Gasteiger partial charge in [-0.3, -0.25) is 0 Å². The first kappa shape index (κ1) is 14.6. The number of anilines is 1. The highest BCUT2D eigenvalue weighted by Gasteiger charge is 2.31. The highest BCUT2D eigenvalue weighted by Crippen LogP contribution is 2.32. The van der Waals surface area contributed by atoms with E-state index in [1.165, 1.54) is 6.42 Å². The van der Waals surface area contributed by atoms with Gasteiger partial charge in [-0.2, -0.15) is 0 Å². The first-order valence-electron chi connectivity index (χ1n) is 7.18. The van der Waals surface area contributed by atoms with Crippen LogP contribution in [0, 0.1) is 19.8 Å². The van der Waals surface area contributed by atoms with E-state index in [0.717, 1.165) is 35.6 Å². The second-order valence-electron chi connectivity index (χ2n) is 5.91. The van der Waals surface area contributed by atoms with Crippen molar-refractivity contribution in [1.82, 2.24) is 4.98 Å². The maximum Gasteiger partial charge on any atom is 0.174 e. The Morgan fingerprint density at radius 3 is 2.80 bits per heavy atom. The fourth-order valence-electron chi connectivity index (χ4n) is 3.14. The van der Waals surface area contributed by atoms with Gasteiger partial charge in [0, 0.05) is 18.3 Å². The Morgan fingerprint density at radius 2 is 2.20 bits per heavy atom. The number of hydrogen-bond acceptors (Lipinski definition) is 4. The molecule has 1 saturated heterocycles. The van der Waals surface area contributed by atoms with E-state index >= 15 is 0 Å².